The SMILES string of the molecule is CCCn1ccnc1C(=O)c1cccc(N)c1Cl. The van der Waals surface area contributed by atoms with E-state index in [9.17, 15) is 4.79 Å². The van der Waals surface area contributed by atoms with Crippen LogP contribution in [0.25, 0.3) is 0 Å². The van der Waals surface area contributed by atoms with Crippen molar-refractivity contribution in [3.05, 3.63) is 47.0 Å². The number of hydrogen-bond donors (Lipinski definition) is 1. The summed E-state index contributed by atoms with van der Waals surface area (Å²) in [5, 5.41) is 0.286. The highest BCUT2D eigenvalue weighted by Crippen LogP contribution is 2.25. The van der Waals surface area contributed by atoms with Crippen molar-refractivity contribution in [2.24, 2.45) is 0 Å². The van der Waals surface area contributed by atoms with Crippen LogP contribution in [-0.2, 0) is 6.54 Å². The zero-order valence-electron chi connectivity index (χ0n) is 10.1. The molecule has 0 saturated heterocycles. The number of aryl methyl sites for hydroxylation is 1. The van der Waals surface area contributed by atoms with Crippen LogP contribution in [0.5, 0.6) is 0 Å². The number of rotatable bonds is 4. The summed E-state index contributed by atoms with van der Waals surface area (Å²) in [6, 6.07) is 5.03. The Balaban J connectivity index is 2.42. The normalized spacial score (nSPS) is 10.6. The lowest BCUT2D eigenvalue weighted by molar-refractivity contribution is 0.102. The topological polar surface area (TPSA) is 60.9 Å². The number of nitrogen functional groups attached to an aromatic ring is 1. The molecule has 4 nitrogen and oxygen atoms in total. The number of aromatic nitrogens is 2. The molecular weight excluding hydrogens is 250 g/mol. The maximum absolute atomic E-state index is 12.4. The standard InChI is InChI=1S/C13H14ClN3O/c1-2-7-17-8-6-16-13(17)12(18)9-4-3-5-10(15)11(9)14/h3-6,8H,2,7,15H2,1H3. The van der Waals surface area contributed by atoms with Gasteiger partial charge in [-0.3, -0.25) is 4.79 Å². The van der Waals surface area contributed by atoms with Crippen molar-refractivity contribution in [1.82, 2.24) is 9.55 Å². The molecule has 0 unspecified atom stereocenters. The lowest BCUT2D eigenvalue weighted by Crippen LogP contribution is -2.12. The highest BCUT2D eigenvalue weighted by molar-refractivity contribution is 6.37. The van der Waals surface area contributed by atoms with Crippen molar-refractivity contribution in [2.45, 2.75) is 19.9 Å². The molecular formula is C13H14ClN3O. The minimum atomic E-state index is -0.203. The minimum absolute atomic E-state index is 0.203. The van der Waals surface area contributed by atoms with E-state index in [1.165, 1.54) is 0 Å². The first-order valence-corrected chi connectivity index (χ1v) is 6.12. The molecule has 1 aromatic carbocycles. The lowest BCUT2D eigenvalue weighted by Gasteiger charge is -2.07. The second-order valence-corrected chi connectivity index (χ2v) is 4.36. The molecule has 2 N–H and O–H groups in total. The maximum Gasteiger partial charge on any atom is 0.230 e. The van der Waals surface area contributed by atoms with Crippen LogP contribution in [0.15, 0.2) is 30.6 Å². The molecule has 1 heterocycles. The molecule has 0 aliphatic heterocycles. The highest BCUT2D eigenvalue weighted by atomic mass is 35.5. The van der Waals surface area contributed by atoms with Gasteiger partial charge in [0.2, 0.25) is 5.78 Å². The first-order chi connectivity index (χ1) is 8.65. The van der Waals surface area contributed by atoms with Gasteiger partial charge in [-0.05, 0) is 18.6 Å². The molecule has 0 aliphatic carbocycles. The number of imidazole rings is 1. The molecule has 18 heavy (non-hydrogen) atoms. The van der Waals surface area contributed by atoms with E-state index in [2.05, 4.69) is 4.98 Å². The number of halogens is 1. The molecule has 0 bridgehead atoms. The monoisotopic (exact) mass is 263 g/mol. The Kier molecular flexibility index (Phi) is 3.67. The van der Waals surface area contributed by atoms with Crippen molar-refractivity contribution in [3.63, 3.8) is 0 Å². The van der Waals surface area contributed by atoms with Crippen LogP contribution in [0.4, 0.5) is 5.69 Å². The van der Waals surface area contributed by atoms with Crippen LogP contribution in [0.2, 0.25) is 5.02 Å². The average Bonchev–Trinajstić information content (AvgIpc) is 2.80. The Morgan fingerprint density at radius 3 is 3.00 bits per heavy atom. The van der Waals surface area contributed by atoms with Crippen LogP contribution in [0, 0.1) is 0 Å². The number of ketones is 1. The number of anilines is 1. The summed E-state index contributed by atoms with van der Waals surface area (Å²) in [6.45, 7) is 2.79. The number of carbonyl (C=O) groups excluding carboxylic acids is 1. The fourth-order valence-corrected chi connectivity index (χ4v) is 2.00. The number of carbonyl (C=O) groups is 1. The molecule has 0 radical (unpaired) electrons. The summed E-state index contributed by atoms with van der Waals surface area (Å²) in [5.74, 6) is 0.190. The van der Waals surface area contributed by atoms with Gasteiger partial charge < -0.3 is 10.3 Å². The Morgan fingerprint density at radius 1 is 1.50 bits per heavy atom. The van der Waals surface area contributed by atoms with E-state index in [1.54, 1.807) is 30.6 Å². The molecule has 2 aromatic rings. The summed E-state index contributed by atoms with van der Waals surface area (Å²) >= 11 is 6.05. The van der Waals surface area contributed by atoms with Gasteiger partial charge in [-0.15, -0.1) is 0 Å². The fourth-order valence-electron chi connectivity index (χ4n) is 1.79. The van der Waals surface area contributed by atoms with E-state index >= 15 is 0 Å². The van der Waals surface area contributed by atoms with Crippen molar-refractivity contribution in [3.8, 4) is 0 Å². The Bertz CT molecular complexity index is 577. The Labute approximate surface area is 110 Å². The van der Waals surface area contributed by atoms with Crippen molar-refractivity contribution < 1.29 is 4.79 Å². The van der Waals surface area contributed by atoms with Gasteiger partial charge in [0.25, 0.3) is 0 Å². The van der Waals surface area contributed by atoms with Crippen molar-refractivity contribution >= 4 is 23.1 Å². The van der Waals surface area contributed by atoms with Crippen LogP contribution >= 0.6 is 11.6 Å². The zero-order valence-corrected chi connectivity index (χ0v) is 10.8. The third kappa shape index (κ3) is 2.24. The highest BCUT2D eigenvalue weighted by Gasteiger charge is 2.18. The second-order valence-electron chi connectivity index (χ2n) is 3.98. The Hall–Kier alpha value is -1.81. The largest absolute Gasteiger partial charge is 0.398 e. The van der Waals surface area contributed by atoms with E-state index in [1.807, 2.05) is 11.5 Å². The third-order valence-corrected chi connectivity index (χ3v) is 3.08. The molecule has 0 spiro atoms. The quantitative estimate of drug-likeness (QED) is 0.682. The summed E-state index contributed by atoms with van der Waals surface area (Å²) in [5.41, 5.74) is 6.49. The summed E-state index contributed by atoms with van der Waals surface area (Å²) in [4.78, 5) is 16.4. The van der Waals surface area contributed by atoms with Gasteiger partial charge in [0, 0.05) is 24.5 Å². The van der Waals surface area contributed by atoms with Gasteiger partial charge in [0.1, 0.15) is 0 Å². The first-order valence-electron chi connectivity index (χ1n) is 5.75. The maximum atomic E-state index is 12.4. The zero-order chi connectivity index (χ0) is 13.1. The summed E-state index contributed by atoms with van der Waals surface area (Å²) in [6.07, 6.45) is 4.33. The van der Waals surface area contributed by atoms with E-state index < -0.39 is 0 Å². The smallest absolute Gasteiger partial charge is 0.230 e. The van der Waals surface area contributed by atoms with Gasteiger partial charge in [-0.1, -0.05) is 24.6 Å². The molecule has 0 saturated carbocycles. The van der Waals surface area contributed by atoms with E-state index in [0.29, 0.717) is 17.1 Å². The van der Waals surface area contributed by atoms with Gasteiger partial charge in [-0.2, -0.15) is 0 Å². The van der Waals surface area contributed by atoms with Crippen LogP contribution in [0.1, 0.15) is 29.5 Å². The van der Waals surface area contributed by atoms with Crippen LogP contribution in [0.3, 0.4) is 0 Å². The molecule has 0 aliphatic rings. The minimum Gasteiger partial charge on any atom is -0.398 e. The summed E-state index contributed by atoms with van der Waals surface area (Å²) < 4.78 is 1.82. The molecule has 0 amide bonds. The molecule has 2 rings (SSSR count). The molecule has 94 valence electrons. The fraction of sp³-hybridized carbons (Fsp3) is 0.231. The second kappa shape index (κ2) is 5.23. The van der Waals surface area contributed by atoms with Gasteiger partial charge in [-0.25, -0.2) is 4.98 Å². The van der Waals surface area contributed by atoms with Gasteiger partial charge in [0.15, 0.2) is 5.82 Å². The Morgan fingerprint density at radius 2 is 2.28 bits per heavy atom. The molecule has 0 atom stereocenters. The third-order valence-electron chi connectivity index (χ3n) is 2.66. The number of hydrogen-bond acceptors (Lipinski definition) is 3. The van der Waals surface area contributed by atoms with Crippen molar-refractivity contribution in [1.29, 1.82) is 0 Å². The van der Waals surface area contributed by atoms with Gasteiger partial charge in [0.05, 0.1) is 10.7 Å². The molecule has 1 aromatic heterocycles. The van der Waals surface area contributed by atoms with E-state index in [0.717, 1.165) is 13.0 Å². The predicted molar refractivity (Wildman–Crippen MR) is 71.8 cm³/mol. The average molecular weight is 264 g/mol. The van der Waals surface area contributed by atoms with Gasteiger partial charge >= 0.3 is 0 Å². The molecule has 0 fully saturated rings. The lowest BCUT2D eigenvalue weighted by atomic mass is 10.1. The van der Waals surface area contributed by atoms with Crippen LogP contribution < -0.4 is 5.73 Å². The number of nitrogens with two attached hydrogens (primary N) is 1. The van der Waals surface area contributed by atoms with E-state index in [-0.39, 0.29) is 10.8 Å². The molecule has 5 heteroatoms. The van der Waals surface area contributed by atoms with Crippen LogP contribution in [-0.4, -0.2) is 15.3 Å². The first kappa shape index (κ1) is 12.6. The van der Waals surface area contributed by atoms with E-state index in [4.69, 9.17) is 17.3 Å². The van der Waals surface area contributed by atoms with Crippen molar-refractivity contribution in [2.75, 3.05) is 5.73 Å². The summed E-state index contributed by atoms with van der Waals surface area (Å²) in [7, 11) is 0. The predicted octanol–water partition coefficient (Wildman–Crippen LogP) is 2.76. The number of benzene rings is 1. The number of nitrogens with zero attached hydrogens (tertiary/aromatic N) is 2.